The van der Waals surface area contributed by atoms with Gasteiger partial charge in [0.1, 0.15) is 0 Å². The van der Waals surface area contributed by atoms with Crippen LogP contribution in [0.1, 0.15) is 5.69 Å². The number of benzene rings is 2. The van der Waals surface area contributed by atoms with E-state index in [1.54, 1.807) is 12.1 Å². The molecule has 25 heavy (non-hydrogen) atoms. The first kappa shape index (κ1) is 17.8. The van der Waals surface area contributed by atoms with Crippen LogP contribution in [0.5, 0.6) is 11.5 Å². The number of nitrogens with zero attached hydrogens (tertiary/aromatic N) is 1. The van der Waals surface area contributed by atoms with Crippen LogP contribution in [0.25, 0.3) is 10.1 Å². The van der Waals surface area contributed by atoms with E-state index in [1.807, 2.05) is 6.92 Å². The van der Waals surface area contributed by atoms with Gasteiger partial charge < -0.3 is 9.47 Å². The summed E-state index contributed by atoms with van der Waals surface area (Å²) in [6.45, 7) is 1.86. The maximum Gasteiger partial charge on any atom is 0.262 e. The Morgan fingerprint density at radius 1 is 1.12 bits per heavy atom. The molecule has 0 bridgehead atoms. The molecule has 0 amide bonds. The van der Waals surface area contributed by atoms with E-state index in [9.17, 15) is 8.42 Å². The molecule has 0 aliphatic heterocycles. The van der Waals surface area contributed by atoms with Crippen LogP contribution in [0.2, 0.25) is 5.02 Å². The molecule has 0 saturated carbocycles. The highest BCUT2D eigenvalue weighted by Crippen LogP contribution is 2.34. The number of ether oxygens (including phenoxy) is 2. The zero-order valence-corrected chi connectivity index (χ0v) is 16.1. The van der Waals surface area contributed by atoms with Crippen molar-refractivity contribution in [2.45, 2.75) is 11.8 Å². The smallest absolute Gasteiger partial charge is 0.262 e. The topological polar surface area (TPSA) is 77.5 Å². The maximum absolute atomic E-state index is 12.7. The lowest BCUT2D eigenvalue weighted by Gasteiger charge is -2.12. The highest BCUT2D eigenvalue weighted by Gasteiger charge is 2.19. The Kier molecular flexibility index (Phi) is 4.77. The van der Waals surface area contributed by atoms with E-state index in [1.165, 1.54) is 44.0 Å². The number of sulfonamides is 1. The van der Waals surface area contributed by atoms with Crippen molar-refractivity contribution in [3.05, 3.63) is 41.0 Å². The molecule has 2 aromatic carbocycles. The van der Waals surface area contributed by atoms with E-state index < -0.39 is 10.0 Å². The van der Waals surface area contributed by atoms with E-state index >= 15 is 0 Å². The van der Waals surface area contributed by atoms with Crippen molar-refractivity contribution in [1.29, 1.82) is 0 Å². The number of methoxy groups -OCH3 is 2. The van der Waals surface area contributed by atoms with Gasteiger partial charge in [-0.1, -0.05) is 11.6 Å². The first-order valence-corrected chi connectivity index (χ1v) is 9.79. The second kappa shape index (κ2) is 6.70. The van der Waals surface area contributed by atoms with Crippen molar-refractivity contribution < 1.29 is 17.9 Å². The van der Waals surface area contributed by atoms with Crippen LogP contribution in [-0.2, 0) is 10.0 Å². The maximum atomic E-state index is 12.7. The van der Waals surface area contributed by atoms with Crippen molar-refractivity contribution in [3.63, 3.8) is 0 Å². The first-order chi connectivity index (χ1) is 11.9. The van der Waals surface area contributed by atoms with Gasteiger partial charge >= 0.3 is 0 Å². The SMILES string of the molecule is COc1ccc(S(=O)(=O)Nc2cc3c(C)nsc3cc2Cl)cc1OC. The average molecular weight is 399 g/mol. The Labute approximate surface area is 154 Å². The quantitative estimate of drug-likeness (QED) is 0.700. The standard InChI is InChI=1S/C16H15ClN2O4S2/c1-9-11-7-13(12(17)8-16(11)24-18-9)19-25(20,21)10-4-5-14(22-2)15(6-10)23-3/h4-8,19H,1-3H3. The van der Waals surface area contributed by atoms with Crippen LogP contribution in [0.4, 0.5) is 5.69 Å². The summed E-state index contributed by atoms with van der Waals surface area (Å²) in [5.74, 6) is 0.769. The number of hydrogen-bond donors (Lipinski definition) is 1. The third kappa shape index (κ3) is 3.37. The fraction of sp³-hybridized carbons (Fsp3) is 0.188. The number of rotatable bonds is 5. The Balaban J connectivity index is 2.02. The second-order valence-corrected chi connectivity index (χ2v) is 8.11. The zero-order chi connectivity index (χ0) is 18.2. The van der Waals surface area contributed by atoms with Crippen LogP contribution < -0.4 is 14.2 Å². The second-order valence-electron chi connectivity index (χ2n) is 5.22. The van der Waals surface area contributed by atoms with Gasteiger partial charge in [-0.3, -0.25) is 4.72 Å². The molecule has 0 spiro atoms. The summed E-state index contributed by atoms with van der Waals surface area (Å²) in [6, 6.07) is 7.76. The van der Waals surface area contributed by atoms with Crippen molar-refractivity contribution >= 4 is 48.9 Å². The van der Waals surface area contributed by atoms with E-state index in [2.05, 4.69) is 9.10 Å². The lowest BCUT2D eigenvalue weighted by atomic mass is 10.2. The number of halogens is 1. The van der Waals surface area contributed by atoms with Crippen molar-refractivity contribution in [2.24, 2.45) is 0 Å². The molecule has 3 aromatic rings. The summed E-state index contributed by atoms with van der Waals surface area (Å²) in [5, 5.41) is 1.17. The summed E-state index contributed by atoms with van der Waals surface area (Å²) in [5.41, 5.74) is 1.12. The molecule has 1 heterocycles. The van der Waals surface area contributed by atoms with Gasteiger partial charge in [-0.25, -0.2) is 8.42 Å². The van der Waals surface area contributed by atoms with Crippen LogP contribution in [0.15, 0.2) is 35.2 Å². The van der Waals surface area contributed by atoms with Crippen molar-refractivity contribution in [2.75, 3.05) is 18.9 Å². The molecule has 132 valence electrons. The van der Waals surface area contributed by atoms with Gasteiger partial charge in [0.15, 0.2) is 11.5 Å². The largest absolute Gasteiger partial charge is 0.493 e. The number of anilines is 1. The van der Waals surface area contributed by atoms with Crippen LogP contribution in [0.3, 0.4) is 0 Å². The molecule has 6 nitrogen and oxygen atoms in total. The first-order valence-electron chi connectivity index (χ1n) is 7.16. The molecule has 0 radical (unpaired) electrons. The molecule has 0 unspecified atom stereocenters. The molecule has 0 aliphatic rings. The summed E-state index contributed by atoms with van der Waals surface area (Å²) >= 11 is 7.54. The van der Waals surface area contributed by atoms with Crippen molar-refractivity contribution in [3.8, 4) is 11.5 Å². The molecule has 9 heteroatoms. The Morgan fingerprint density at radius 2 is 1.84 bits per heavy atom. The monoisotopic (exact) mass is 398 g/mol. The van der Waals surface area contributed by atoms with Gasteiger partial charge in [0.2, 0.25) is 0 Å². The Morgan fingerprint density at radius 3 is 2.52 bits per heavy atom. The van der Waals surface area contributed by atoms with Crippen LogP contribution in [0, 0.1) is 6.92 Å². The van der Waals surface area contributed by atoms with Crippen LogP contribution in [-0.4, -0.2) is 27.0 Å². The zero-order valence-electron chi connectivity index (χ0n) is 13.7. The number of nitrogens with one attached hydrogen (secondary N) is 1. The number of aromatic nitrogens is 1. The molecule has 0 fully saturated rings. The van der Waals surface area contributed by atoms with E-state index in [0.29, 0.717) is 22.2 Å². The van der Waals surface area contributed by atoms with Gasteiger partial charge in [0, 0.05) is 11.5 Å². The fourth-order valence-electron chi connectivity index (χ4n) is 2.35. The minimum atomic E-state index is -3.84. The third-order valence-electron chi connectivity index (χ3n) is 3.65. The highest BCUT2D eigenvalue weighted by atomic mass is 35.5. The lowest BCUT2D eigenvalue weighted by molar-refractivity contribution is 0.354. The van der Waals surface area contributed by atoms with E-state index in [4.69, 9.17) is 21.1 Å². The fourth-order valence-corrected chi connectivity index (χ4v) is 4.57. The molecular weight excluding hydrogens is 384 g/mol. The number of aryl methyl sites for hydroxylation is 1. The van der Waals surface area contributed by atoms with E-state index in [-0.39, 0.29) is 4.90 Å². The third-order valence-corrected chi connectivity index (χ3v) is 6.23. The number of hydrogen-bond acceptors (Lipinski definition) is 6. The molecular formula is C16H15ClN2O4S2. The molecule has 0 atom stereocenters. The van der Waals surface area contributed by atoms with Crippen molar-refractivity contribution in [1.82, 2.24) is 4.37 Å². The Hall–Kier alpha value is -2.03. The molecule has 1 aromatic heterocycles. The minimum Gasteiger partial charge on any atom is -0.493 e. The molecule has 0 saturated heterocycles. The van der Waals surface area contributed by atoms with Crippen LogP contribution >= 0.6 is 23.1 Å². The van der Waals surface area contributed by atoms with Gasteiger partial charge in [0.05, 0.1) is 40.2 Å². The Bertz CT molecular complexity index is 1050. The molecule has 1 N–H and O–H groups in total. The van der Waals surface area contributed by atoms with Gasteiger partial charge in [-0.05, 0) is 42.7 Å². The molecule has 3 rings (SSSR count). The van der Waals surface area contributed by atoms with E-state index in [0.717, 1.165) is 15.8 Å². The normalized spacial score (nSPS) is 11.5. The van der Waals surface area contributed by atoms with Gasteiger partial charge in [-0.2, -0.15) is 4.37 Å². The minimum absolute atomic E-state index is 0.0430. The summed E-state index contributed by atoms with van der Waals surface area (Å²) in [4.78, 5) is 0.0430. The average Bonchev–Trinajstić information content (AvgIpc) is 2.94. The lowest BCUT2D eigenvalue weighted by Crippen LogP contribution is -2.13. The summed E-state index contributed by atoms with van der Waals surface area (Å²) < 4.78 is 43.4. The highest BCUT2D eigenvalue weighted by molar-refractivity contribution is 7.92. The predicted octanol–water partition coefficient (Wildman–Crippen LogP) is 4.08. The number of fused-ring (bicyclic) bond motifs is 1. The predicted molar refractivity (Wildman–Crippen MR) is 99.7 cm³/mol. The van der Waals surface area contributed by atoms with Gasteiger partial charge in [0.25, 0.3) is 10.0 Å². The molecule has 0 aliphatic carbocycles. The van der Waals surface area contributed by atoms with Gasteiger partial charge in [-0.15, -0.1) is 0 Å². The summed E-state index contributed by atoms with van der Waals surface area (Å²) in [7, 11) is -0.919. The summed E-state index contributed by atoms with van der Waals surface area (Å²) in [6.07, 6.45) is 0.